The van der Waals surface area contributed by atoms with Gasteiger partial charge in [0.2, 0.25) is 0 Å². The second-order valence-electron chi connectivity index (χ2n) is 6.04. The summed E-state index contributed by atoms with van der Waals surface area (Å²) in [5, 5.41) is 15.0. The molecule has 0 saturated carbocycles. The van der Waals surface area contributed by atoms with Crippen LogP contribution in [0.2, 0.25) is 0 Å². The quantitative estimate of drug-likeness (QED) is 0.641. The number of carboxylic acids is 1. The van der Waals surface area contributed by atoms with Gasteiger partial charge in [0, 0.05) is 6.04 Å². The highest BCUT2D eigenvalue weighted by Crippen LogP contribution is 2.28. The van der Waals surface area contributed by atoms with Crippen molar-refractivity contribution in [2.24, 2.45) is 5.41 Å². The summed E-state index contributed by atoms with van der Waals surface area (Å²) in [5.41, 5.74) is -1.05. The Morgan fingerprint density at radius 3 is 2.62 bits per heavy atom. The lowest BCUT2D eigenvalue weighted by Gasteiger charge is -2.27. The highest BCUT2D eigenvalue weighted by molar-refractivity contribution is 5.79. The van der Waals surface area contributed by atoms with Crippen LogP contribution in [0, 0.1) is 5.41 Å². The molecule has 122 valence electrons. The average Bonchev–Trinajstić information content (AvgIpc) is 2.79. The lowest BCUT2D eigenvalue weighted by Crippen LogP contribution is -2.53. The fourth-order valence-corrected chi connectivity index (χ4v) is 2.56. The minimum Gasteiger partial charge on any atom is -0.481 e. The van der Waals surface area contributed by atoms with Crippen molar-refractivity contribution in [3.63, 3.8) is 0 Å². The summed E-state index contributed by atoms with van der Waals surface area (Å²) in [6.45, 7) is 6.18. The van der Waals surface area contributed by atoms with Crippen LogP contribution in [0.5, 0.6) is 0 Å². The van der Waals surface area contributed by atoms with Crippen molar-refractivity contribution in [1.82, 2.24) is 10.6 Å². The molecule has 1 fully saturated rings. The third-order valence-corrected chi connectivity index (χ3v) is 4.13. The maximum atomic E-state index is 12.1. The van der Waals surface area contributed by atoms with Crippen molar-refractivity contribution >= 4 is 12.0 Å². The van der Waals surface area contributed by atoms with E-state index >= 15 is 0 Å². The molecule has 3 atom stereocenters. The van der Waals surface area contributed by atoms with Gasteiger partial charge >= 0.3 is 12.0 Å². The van der Waals surface area contributed by atoms with Crippen LogP contribution in [0.4, 0.5) is 4.79 Å². The van der Waals surface area contributed by atoms with Crippen molar-refractivity contribution in [2.45, 2.75) is 65.0 Å². The number of carbonyl (C=O) groups excluding carboxylic acids is 1. The second-order valence-corrected chi connectivity index (χ2v) is 6.04. The van der Waals surface area contributed by atoms with Gasteiger partial charge in [0.25, 0.3) is 0 Å². The van der Waals surface area contributed by atoms with E-state index in [1.165, 1.54) is 0 Å². The molecule has 3 N–H and O–H groups in total. The Labute approximate surface area is 126 Å². The molecule has 0 aromatic rings. The number of nitrogens with one attached hydrogen (secondary N) is 2. The number of unbranched alkanes of at least 4 members (excludes halogenated alkanes) is 1. The molecule has 0 radical (unpaired) electrons. The standard InChI is InChI=1S/C15H28N2O4/c1-4-6-8-11(7-5-2)16-14(20)17-12-9-21-10-15(12,3)13(18)19/h11-12H,4-10H2,1-3H3,(H,18,19)(H2,16,17,20). The predicted molar refractivity (Wildman–Crippen MR) is 80.2 cm³/mol. The number of hydrogen-bond donors (Lipinski definition) is 3. The summed E-state index contributed by atoms with van der Waals surface area (Å²) < 4.78 is 5.23. The van der Waals surface area contributed by atoms with E-state index < -0.39 is 17.4 Å². The largest absolute Gasteiger partial charge is 0.481 e. The Balaban J connectivity index is 2.53. The molecule has 1 rings (SSSR count). The maximum Gasteiger partial charge on any atom is 0.315 e. The molecule has 0 aromatic carbocycles. The number of ether oxygens (including phenoxy) is 1. The van der Waals surface area contributed by atoms with Crippen molar-refractivity contribution in [3.05, 3.63) is 0 Å². The molecule has 0 spiro atoms. The molecule has 1 heterocycles. The van der Waals surface area contributed by atoms with Crippen molar-refractivity contribution < 1.29 is 19.4 Å². The number of rotatable bonds is 8. The fraction of sp³-hybridized carbons (Fsp3) is 0.867. The summed E-state index contributed by atoms with van der Waals surface area (Å²) in [4.78, 5) is 23.4. The average molecular weight is 300 g/mol. The number of carbonyl (C=O) groups is 2. The van der Waals surface area contributed by atoms with Crippen molar-refractivity contribution in [1.29, 1.82) is 0 Å². The summed E-state index contributed by atoms with van der Waals surface area (Å²) in [7, 11) is 0. The highest BCUT2D eigenvalue weighted by Gasteiger charge is 2.47. The SMILES string of the molecule is CCCCC(CCC)NC(=O)NC1COCC1(C)C(=O)O. The zero-order valence-corrected chi connectivity index (χ0v) is 13.3. The van der Waals surface area contributed by atoms with Gasteiger partial charge in [-0.15, -0.1) is 0 Å². The minimum absolute atomic E-state index is 0.126. The number of amides is 2. The third-order valence-electron chi connectivity index (χ3n) is 4.13. The first kappa shape index (κ1) is 17.8. The zero-order valence-electron chi connectivity index (χ0n) is 13.3. The van der Waals surface area contributed by atoms with Crippen LogP contribution >= 0.6 is 0 Å². The van der Waals surface area contributed by atoms with Gasteiger partial charge in [0.1, 0.15) is 5.41 Å². The van der Waals surface area contributed by atoms with Gasteiger partial charge in [0.05, 0.1) is 19.3 Å². The van der Waals surface area contributed by atoms with Gasteiger partial charge in [-0.3, -0.25) is 4.79 Å². The first-order chi connectivity index (χ1) is 9.93. The second kappa shape index (κ2) is 8.22. The molecule has 2 amide bonds. The highest BCUT2D eigenvalue weighted by atomic mass is 16.5. The van der Waals surface area contributed by atoms with E-state index in [9.17, 15) is 14.7 Å². The van der Waals surface area contributed by atoms with E-state index in [1.807, 2.05) is 0 Å². The Hall–Kier alpha value is -1.30. The predicted octanol–water partition coefficient (Wildman–Crippen LogP) is 2.13. The lowest BCUT2D eigenvalue weighted by molar-refractivity contribution is -0.148. The van der Waals surface area contributed by atoms with Gasteiger partial charge in [-0.1, -0.05) is 33.1 Å². The van der Waals surface area contributed by atoms with E-state index in [-0.39, 0.29) is 25.3 Å². The Morgan fingerprint density at radius 1 is 1.33 bits per heavy atom. The Morgan fingerprint density at radius 2 is 2.05 bits per heavy atom. The normalized spacial score (nSPS) is 26.3. The molecule has 1 aliphatic heterocycles. The summed E-state index contributed by atoms with van der Waals surface area (Å²) in [6, 6.07) is -0.649. The molecule has 1 saturated heterocycles. The summed E-state index contributed by atoms with van der Waals surface area (Å²) in [6.07, 6.45) is 5.06. The van der Waals surface area contributed by atoms with Gasteiger partial charge in [-0.25, -0.2) is 4.79 Å². The molecule has 0 bridgehead atoms. The van der Waals surface area contributed by atoms with E-state index in [4.69, 9.17) is 4.74 Å². The van der Waals surface area contributed by atoms with E-state index in [1.54, 1.807) is 6.92 Å². The molecule has 0 aliphatic carbocycles. The van der Waals surface area contributed by atoms with E-state index in [0.717, 1.165) is 32.1 Å². The van der Waals surface area contributed by atoms with Crippen molar-refractivity contribution in [3.8, 4) is 0 Å². The van der Waals surface area contributed by atoms with Crippen molar-refractivity contribution in [2.75, 3.05) is 13.2 Å². The fourth-order valence-electron chi connectivity index (χ4n) is 2.56. The summed E-state index contributed by atoms with van der Waals surface area (Å²) in [5.74, 6) is -0.943. The molecular weight excluding hydrogens is 272 g/mol. The monoisotopic (exact) mass is 300 g/mol. The number of carboxylic acid groups (broad SMARTS) is 1. The zero-order chi connectivity index (χ0) is 15.9. The molecule has 1 aliphatic rings. The Kier molecular flexibility index (Phi) is 6.95. The maximum absolute atomic E-state index is 12.1. The van der Waals surface area contributed by atoms with E-state index in [2.05, 4.69) is 24.5 Å². The number of hydrogen-bond acceptors (Lipinski definition) is 3. The topological polar surface area (TPSA) is 87.7 Å². The van der Waals surface area contributed by atoms with Crippen LogP contribution in [0.15, 0.2) is 0 Å². The van der Waals surface area contributed by atoms with Crippen LogP contribution in [-0.2, 0) is 9.53 Å². The third kappa shape index (κ3) is 4.88. The van der Waals surface area contributed by atoms with Gasteiger partial charge < -0.3 is 20.5 Å². The minimum atomic E-state index is -1.05. The van der Waals surface area contributed by atoms with Crippen LogP contribution in [-0.4, -0.2) is 42.4 Å². The molecule has 6 heteroatoms. The smallest absolute Gasteiger partial charge is 0.315 e. The number of aliphatic carboxylic acids is 1. The first-order valence-electron chi connectivity index (χ1n) is 7.82. The van der Waals surface area contributed by atoms with Gasteiger partial charge in [-0.05, 0) is 19.8 Å². The molecule has 0 aromatic heterocycles. The van der Waals surface area contributed by atoms with E-state index in [0.29, 0.717) is 0 Å². The first-order valence-corrected chi connectivity index (χ1v) is 7.82. The van der Waals surface area contributed by atoms with Crippen LogP contribution < -0.4 is 10.6 Å². The molecule has 6 nitrogen and oxygen atoms in total. The van der Waals surface area contributed by atoms with Crippen LogP contribution in [0.1, 0.15) is 52.9 Å². The lowest BCUT2D eigenvalue weighted by atomic mass is 9.85. The molecule has 3 unspecified atom stereocenters. The Bertz CT molecular complexity index is 362. The molecular formula is C15H28N2O4. The van der Waals surface area contributed by atoms with Gasteiger partial charge in [-0.2, -0.15) is 0 Å². The van der Waals surface area contributed by atoms with Crippen LogP contribution in [0.3, 0.4) is 0 Å². The van der Waals surface area contributed by atoms with Gasteiger partial charge in [0.15, 0.2) is 0 Å². The summed E-state index contributed by atoms with van der Waals surface area (Å²) >= 11 is 0. The number of urea groups is 1. The van der Waals surface area contributed by atoms with Crippen LogP contribution in [0.25, 0.3) is 0 Å². The molecule has 21 heavy (non-hydrogen) atoms.